The predicted octanol–water partition coefficient (Wildman–Crippen LogP) is 7.83. The molecule has 0 N–H and O–H groups in total. The van der Waals surface area contributed by atoms with E-state index in [1.165, 1.54) is 11.1 Å². The molecule has 0 unspecified atom stereocenters. The second-order valence-corrected chi connectivity index (χ2v) is 4.05. The molecule has 1 aliphatic rings. The molecule has 0 aromatic heterocycles. The van der Waals surface area contributed by atoms with E-state index in [0.717, 1.165) is 6.42 Å². The molecule has 0 radical (unpaired) electrons. The SMILES string of the molecule is C.C#C.CC.CC.CC.CCC1=C(C)C=CC(C)(C)C=C1. The third-order valence-corrected chi connectivity index (χ3v) is 2.36. The van der Waals surface area contributed by atoms with Crippen LogP contribution in [0, 0.1) is 18.3 Å². The van der Waals surface area contributed by atoms with Crippen LogP contribution in [-0.4, -0.2) is 0 Å². The highest BCUT2D eigenvalue weighted by Gasteiger charge is 2.11. The summed E-state index contributed by atoms with van der Waals surface area (Å²) in [4.78, 5) is 0. The maximum atomic E-state index is 4.00. The van der Waals surface area contributed by atoms with Crippen molar-refractivity contribution in [2.45, 2.75) is 83.1 Å². The maximum Gasteiger partial charge on any atom is 0.00108 e. The molecule has 21 heavy (non-hydrogen) atoms. The molecule has 1 aliphatic carbocycles. The smallest absolute Gasteiger partial charge is 0.00108 e. The Morgan fingerprint density at radius 2 is 1.19 bits per heavy atom. The van der Waals surface area contributed by atoms with Gasteiger partial charge in [0.05, 0.1) is 0 Å². The van der Waals surface area contributed by atoms with E-state index in [1.54, 1.807) is 0 Å². The van der Waals surface area contributed by atoms with E-state index in [-0.39, 0.29) is 12.8 Å². The lowest BCUT2D eigenvalue weighted by atomic mass is 9.93. The molecule has 1 rings (SSSR count). The van der Waals surface area contributed by atoms with Crippen LogP contribution >= 0.6 is 0 Å². The van der Waals surface area contributed by atoms with Crippen LogP contribution < -0.4 is 0 Å². The molecule has 0 aromatic rings. The van der Waals surface area contributed by atoms with Gasteiger partial charge in [0.2, 0.25) is 0 Å². The number of rotatable bonds is 1. The van der Waals surface area contributed by atoms with E-state index >= 15 is 0 Å². The molecular weight excluding hydrogens is 252 g/mol. The Kier molecular flexibility index (Phi) is 36.3. The molecule has 0 fully saturated rings. The lowest BCUT2D eigenvalue weighted by Gasteiger charge is -2.12. The Labute approximate surface area is 137 Å². The topological polar surface area (TPSA) is 0 Å². The average Bonchev–Trinajstić information content (AvgIpc) is 2.66. The molecular formula is C21H42. The van der Waals surface area contributed by atoms with Crippen LogP contribution in [0.25, 0.3) is 0 Å². The molecule has 0 saturated heterocycles. The fraction of sp³-hybridized carbons (Fsp3) is 0.619. The monoisotopic (exact) mass is 294 g/mol. The van der Waals surface area contributed by atoms with E-state index in [1.807, 2.05) is 41.5 Å². The number of hydrogen-bond donors (Lipinski definition) is 0. The summed E-state index contributed by atoms with van der Waals surface area (Å²) in [7, 11) is 0. The van der Waals surface area contributed by atoms with Gasteiger partial charge in [-0.3, -0.25) is 0 Å². The average molecular weight is 295 g/mol. The minimum Gasteiger partial charge on any atom is -0.124 e. The zero-order valence-electron chi connectivity index (χ0n) is 15.7. The molecule has 0 atom stereocenters. The van der Waals surface area contributed by atoms with Crippen LogP contribution in [0.2, 0.25) is 0 Å². The Hall–Kier alpha value is -1.22. The van der Waals surface area contributed by atoms with Crippen molar-refractivity contribution in [3.8, 4) is 12.8 Å². The van der Waals surface area contributed by atoms with Crippen molar-refractivity contribution in [3.63, 3.8) is 0 Å². The van der Waals surface area contributed by atoms with Crippen LogP contribution in [0.5, 0.6) is 0 Å². The van der Waals surface area contributed by atoms with Gasteiger partial charge in [-0.2, -0.15) is 0 Å². The second-order valence-electron chi connectivity index (χ2n) is 4.05. The summed E-state index contributed by atoms with van der Waals surface area (Å²) >= 11 is 0. The highest BCUT2D eigenvalue weighted by Crippen LogP contribution is 2.26. The van der Waals surface area contributed by atoms with Crippen molar-refractivity contribution in [1.29, 1.82) is 0 Å². The second kappa shape index (κ2) is 23.8. The number of hydrogen-bond acceptors (Lipinski definition) is 0. The molecule has 126 valence electrons. The summed E-state index contributed by atoms with van der Waals surface area (Å²) < 4.78 is 0. The molecule has 0 nitrogen and oxygen atoms in total. The Bertz CT molecular complexity index is 282. The third-order valence-electron chi connectivity index (χ3n) is 2.36. The van der Waals surface area contributed by atoms with Crippen molar-refractivity contribution in [2.75, 3.05) is 0 Å². The van der Waals surface area contributed by atoms with Gasteiger partial charge < -0.3 is 0 Å². The van der Waals surface area contributed by atoms with E-state index in [4.69, 9.17) is 0 Å². The van der Waals surface area contributed by atoms with Gasteiger partial charge in [-0.25, -0.2) is 0 Å². The fourth-order valence-corrected chi connectivity index (χ4v) is 1.35. The lowest BCUT2D eigenvalue weighted by molar-refractivity contribution is 0.626. The first kappa shape index (κ1) is 31.9. The number of allylic oxidation sites excluding steroid dienone is 6. The van der Waals surface area contributed by atoms with Crippen LogP contribution in [-0.2, 0) is 0 Å². The first-order valence-electron chi connectivity index (χ1n) is 7.97. The Morgan fingerprint density at radius 3 is 1.52 bits per heavy atom. The van der Waals surface area contributed by atoms with Gasteiger partial charge in [0.1, 0.15) is 0 Å². The zero-order valence-corrected chi connectivity index (χ0v) is 15.7. The number of terminal acetylenes is 1. The van der Waals surface area contributed by atoms with Crippen molar-refractivity contribution in [1.82, 2.24) is 0 Å². The van der Waals surface area contributed by atoms with Crippen molar-refractivity contribution in [3.05, 3.63) is 35.5 Å². The van der Waals surface area contributed by atoms with E-state index in [0.29, 0.717) is 0 Å². The Balaban J connectivity index is -0.0000000823. The van der Waals surface area contributed by atoms with Gasteiger partial charge in [-0.05, 0) is 24.5 Å². The zero-order chi connectivity index (χ0) is 17.2. The fourth-order valence-electron chi connectivity index (χ4n) is 1.35. The van der Waals surface area contributed by atoms with Gasteiger partial charge in [0, 0.05) is 5.41 Å². The molecule has 0 bridgehead atoms. The summed E-state index contributed by atoms with van der Waals surface area (Å²) in [5.74, 6) is 0. The van der Waals surface area contributed by atoms with Crippen molar-refractivity contribution < 1.29 is 0 Å². The van der Waals surface area contributed by atoms with Crippen LogP contribution in [0.15, 0.2) is 35.5 Å². The van der Waals surface area contributed by atoms with E-state index < -0.39 is 0 Å². The van der Waals surface area contributed by atoms with Gasteiger partial charge in [0.25, 0.3) is 0 Å². The summed E-state index contributed by atoms with van der Waals surface area (Å²) in [5.41, 5.74) is 3.08. The standard InChI is InChI=1S/C12H18.3C2H6.C2H2.CH4/c1-5-11-7-9-12(3,4)8-6-10(11)2;4*1-2;/h6-9H,5H2,1-4H3;3*1-2H3;1-2H;1H4. The predicted molar refractivity (Wildman–Crippen MR) is 106 cm³/mol. The largest absolute Gasteiger partial charge is 0.124 e. The first-order valence-corrected chi connectivity index (χ1v) is 7.97. The molecule has 0 amide bonds. The normalized spacial score (nSPS) is 13.1. The third kappa shape index (κ3) is 18.8. The summed E-state index contributed by atoms with van der Waals surface area (Å²) in [6.45, 7) is 20.8. The molecule has 0 spiro atoms. The summed E-state index contributed by atoms with van der Waals surface area (Å²) in [6.07, 6.45) is 18.2. The Morgan fingerprint density at radius 1 is 0.857 bits per heavy atom. The van der Waals surface area contributed by atoms with Crippen molar-refractivity contribution in [2.24, 2.45) is 5.41 Å². The van der Waals surface area contributed by atoms with Crippen LogP contribution in [0.4, 0.5) is 0 Å². The first-order chi connectivity index (χ1) is 9.55. The summed E-state index contributed by atoms with van der Waals surface area (Å²) in [5, 5.41) is 0. The minimum atomic E-state index is 0. The van der Waals surface area contributed by atoms with Crippen LogP contribution in [0.1, 0.15) is 83.1 Å². The van der Waals surface area contributed by atoms with Gasteiger partial charge in [0.15, 0.2) is 0 Å². The molecule has 0 aromatic carbocycles. The van der Waals surface area contributed by atoms with Crippen molar-refractivity contribution >= 4 is 0 Å². The lowest BCUT2D eigenvalue weighted by Crippen LogP contribution is -2.00. The van der Waals surface area contributed by atoms with Gasteiger partial charge in [-0.15, -0.1) is 12.8 Å². The molecule has 0 saturated carbocycles. The van der Waals surface area contributed by atoms with E-state index in [9.17, 15) is 0 Å². The quantitative estimate of drug-likeness (QED) is 0.432. The van der Waals surface area contributed by atoms with E-state index in [2.05, 4.69) is 64.8 Å². The maximum absolute atomic E-state index is 4.00. The molecule has 0 heteroatoms. The summed E-state index contributed by atoms with van der Waals surface area (Å²) in [6, 6.07) is 0. The molecule has 0 aliphatic heterocycles. The minimum absolute atomic E-state index is 0. The molecule has 0 heterocycles. The highest BCUT2D eigenvalue weighted by atomic mass is 14.2. The van der Waals surface area contributed by atoms with Gasteiger partial charge >= 0.3 is 0 Å². The van der Waals surface area contributed by atoms with Gasteiger partial charge in [-0.1, -0.05) is 94.0 Å². The van der Waals surface area contributed by atoms with Crippen LogP contribution in [0.3, 0.4) is 0 Å². The highest BCUT2D eigenvalue weighted by molar-refractivity contribution is 5.36.